The highest BCUT2D eigenvalue weighted by Gasteiger charge is 2.28. The Labute approximate surface area is 217 Å². The molecule has 33 heavy (non-hydrogen) atoms. The number of hydrogen-bond donors (Lipinski definition) is 3. The molecule has 7 nitrogen and oxygen atoms in total. The molecule has 0 bridgehead atoms. The van der Waals surface area contributed by atoms with Crippen LogP contribution in [0.15, 0.2) is 29.3 Å². The van der Waals surface area contributed by atoms with Gasteiger partial charge in [-0.15, -0.1) is 24.0 Å². The molecule has 1 amide bonds. The lowest BCUT2D eigenvalue weighted by molar-refractivity contribution is -0.123. The number of guanidine groups is 1. The molecule has 0 saturated carbocycles. The second-order valence-electron chi connectivity index (χ2n) is 9.94. The van der Waals surface area contributed by atoms with Gasteiger partial charge in [0, 0.05) is 38.8 Å². The Kier molecular flexibility index (Phi) is 11.4. The lowest BCUT2D eigenvalue weighted by Gasteiger charge is -2.41. The van der Waals surface area contributed by atoms with Gasteiger partial charge >= 0.3 is 0 Å². The zero-order valence-electron chi connectivity index (χ0n) is 20.6. The van der Waals surface area contributed by atoms with Crippen LogP contribution in [0.5, 0.6) is 0 Å². The standard InChI is InChI=1S/C25H42N6O.HI/c1-25(2,31-13-5-4-6-14-31)19-29-24(27-3)28-16-20-9-7-10-21(15-20)17-30-12-8-11-22(18-30)23(26)32;/h7,9-10,15,22H,4-6,8,11-14,16-19H2,1-3H3,(H2,26,32)(H2,27,28,29);1H. The molecule has 2 fully saturated rings. The normalized spacial score (nSPS) is 20.7. The average Bonchev–Trinajstić information content (AvgIpc) is 2.80. The van der Waals surface area contributed by atoms with Crippen LogP contribution in [0.25, 0.3) is 0 Å². The van der Waals surface area contributed by atoms with Crippen molar-refractivity contribution in [2.45, 2.75) is 64.6 Å². The maximum atomic E-state index is 11.6. The predicted octanol–water partition coefficient (Wildman–Crippen LogP) is 2.93. The fourth-order valence-corrected chi connectivity index (χ4v) is 4.85. The third kappa shape index (κ3) is 8.72. The summed E-state index contributed by atoms with van der Waals surface area (Å²) in [6.45, 7) is 11.2. The zero-order valence-corrected chi connectivity index (χ0v) is 22.9. The summed E-state index contributed by atoms with van der Waals surface area (Å²) in [5.74, 6) is 0.646. The Morgan fingerprint density at radius 3 is 2.55 bits per heavy atom. The number of halogens is 1. The fraction of sp³-hybridized carbons (Fsp3) is 0.680. The zero-order chi connectivity index (χ0) is 23.0. The molecule has 8 heteroatoms. The number of piperidine rings is 2. The van der Waals surface area contributed by atoms with Crippen molar-refractivity contribution in [3.63, 3.8) is 0 Å². The molecular weight excluding hydrogens is 527 g/mol. The van der Waals surface area contributed by atoms with E-state index in [-0.39, 0.29) is 41.3 Å². The molecule has 0 spiro atoms. The first-order chi connectivity index (χ1) is 15.4. The first kappa shape index (κ1) is 27.9. The summed E-state index contributed by atoms with van der Waals surface area (Å²) in [5.41, 5.74) is 8.13. The lowest BCUT2D eigenvalue weighted by Crippen LogP contribution is -2.54. The van der Waals surface area contributed by atoms with Crippen molar-refractivity contribution in [2.24, 2.45) is 16.6 Å². The number of carbonyl (C=O) groups excluding carboxylic acids is 1. The number of carbonyl (C=O) groups is 1. The SMILES string of the molecule is CN=C(NCc1cccc(CN2CCCC(C(N)=O)C2)c1)NCC(C)(C)N1CCCCC1.I. The van der Waals surface area contributed by atoms with Crippen molar-refractivity contribution in [1.82, 2.24) is 20.4 Å². The molecule has 3 rings (SSSR count). The van der Waals surface area contributed by atoms with E-state index in [1.807, 2.05) is 7.05 Å². The van der Waals surface area contributed by atoms with Crippen molar-refractivity contribution < 1.29 is 4.79 Å². The van der Waals surface area contributed by atoms with Crippen LogP contribution >= 0.6 is 24.0 Å². The van der Waals surface area contributed by atoms with E-state index >= 15 is 0 Å². The van der Waals surface area contributed by atoms with Gasteiger partial charge in [-0.05, 0) is 70.3 Å². The fourth-order valence-electron chi connectivity index (χ4n) is 4.85. The van der Waals surface area contributed by atoms with Gasteiger partial charge in [-0.25, -0.2) is 0 Å². The number of aliphatic imine (C=N–C) groups is 1. The van der Waals surface area contributed by atoms with Crippen LogP contribution < -0.4 is 16.4 Å². The van der Waals surface area contributed by atoms with Gasteiger partial charge in [0.1, 0.15) is 0 Å². The van der Waals surface area contributed by atoms with Crippen LogP contribution in [0.3, 0.4) is 0 Å². The number of nitrogens with two attached hydrogens (primary N) is 1. The van der Waals surface area contributed by atoms with Gasteiger partial charge in [-0.3, -0.25) is 19.6 Å². The number of nitrogens with zero attached hydrogens (tertiary/aromatic N) is 3. The molecule has 2 heterocycles. The molecule has 0 aliphatic carbocycles. The van der Waals surface area contributed by atoms with E-state index in [0.717, 1.165) is 51.5 Å². The second kappa shape index (κ2) is 13.5. The summed E-state index contributed by atoms with van der Waals surface area (Å²) in [7, 11) is 1.82. The van der Waals surface area contributed by atoms with Gasteiger partial charge in [0.15, 0.2) is 5.96 Å². The second-order valence-corrected chi connectivity index (χ2v) is 9.94. The maximum absolute atomic E-state index is 11.6. The first-order valence-corrected chi connectivity index (χ1v) is 12.2. The summed E-state index contributed by atoms with van der Waals surface area (Å²) < 4.78 is 0. The smallest absolute Gasteiger partial charge is 0.221 e. The molecule has 1 atom stereocenters. The van der Waals surface area contributed by atoms with Crippen LogP contribution in [-0.2, 0) is 17.9 Å². The van der Waals surface area contributed by atoms with Crippen LogP contribution in [0.4, 0.5) is 0 Å². The van der Waals surface area contributed by atoms with Crippen molar-refractivity contribution in [2.75, 3.05) is 39.8 Å². The lowest BCUT2D eigenvalue weighted by atomic mass is 9.97. The van der Waals surface area contributed by atoms with E-state index in [2.05, 4.69) is 63.5 Å². The van der Waals surface area contributed by atoms with Gasteiger partial charge in [0.25, 0.3) is 0 Å². The van der Waals surface area contributed by atoms with Gasteiger partial charge < -0.3 is 16.4 Å². The van der Waals surface area contributed by atoms with Crippen LogP contribution in [-0.4, -0.2) is 67.0 Å². The van der Waals surface area contributed by atoms with E-state index in [9.17, 15) is 4.79 Å². The Hall–Kier alpha value is -1.39. The summed E-state index contributed by atoms with van der Waals surface area (Å²) >= 11 is 0. The molecule has 1 aromatic rings. The van der Waals surface area contributed by atoms with Crippen molar-refractivity contribution in [1.29, 1.82) is 0 Å². The summed E-state index contributed by atoms with van der Waals surface area (Å²) in [4.78, 5) is 20.9. The van der Waals surface area contributed by atoms with E-state index in [1.165, 1.54) is 43.5 Å². The van der Waals surface area contributed by atoms with Gasteiger partial charge in [-0.2, -0.15) is 0 Å². The monoisotopic (exact) mass is 570 g/mol. The predicted molar refractivity (Wildman–Crippen MR) is 147 cm³/mol. The summed E-state index contributed by atoms with van der Waals surface area (Å²) in [6.07, 6.45) is 5.90. The third-order valence-electron chi connectivity index (χ3n) is 6.89. The molecule has 1 unspecified atom stereocenters. The van der Waals surface area contributed by atoms with Crippen LogP contribution in [0.1, 0.15) is 57.1 Å². The molecule has 2 aliphatic heterocycles. The highest BCUT2D eigenvalue weighted by Crippen LogP contribution is 2.20. The third-order valence-corrected chi connectivity index (χ3v) is 6.89. The Morgan fingerprint density at radius 1 is 1.12 bits per heavy atom. The molecule has 4 N–H and O–H groups in total. The van der Waals surface area contributed by atoms with Gasteiger partial charge in [0.05, 0.1) is 5.92 Å². The van der Waals surface area contributed by atoms with E-state index in [1.54, 1.807) is 0 Å². The topological polar surface area (TPSA) is 86.0 Å². The largest absolute Gasteiger partial charge is 0.369 e. The van der Waals surface area contributed by atoms with Crippen molar-refractivity contribution in [3.05, 3.63) is 35.4 Å². The van der Waals surface area contributed by atoms with Crippen molar-refractivity contribution >= 4 is 35.8 Å². The van der Waals surface area contributed by atoms with Gasteiger partial charge in [0.2, 0.25) is 5.91 Å². The van der Waals surface area contributed by atoms with E-state index < -0.39 is 0 Å². The number of benzene rings is 1. The Balaban J connectivity index is 0.00000385. The molecule has 186 valence electrons. The van der Waals surface area contributed by atoms with E-state index in [0.29, 0.717) is 0 Å². The number of rotatable bonds is 8. The maximum Gasteiger partial charge on any atom is 0.221 e. The summed E-state index contributed by atoms with van der Waals surface area (Å²) in [6, 6.07) is 8.65. The number of primary amides is 1. The highest BCUT2D eigenvalue weighted by atomic mass is 127. The quantitative estimate of drug-likeness (QED) is 0.254. The number of amides is 1. The Bertz CT molecular complexity index is 778. The van der Waals surface area contributed by atoms with Crippen LogP contribution in [0.2, 0.25) is 0 Å². The first-order valence-electron chi connectivity index (χ1n) is 12.2. The van der Waals surface area contributed by atoms with Gasteiger partial charge in [-0.1, -0.05) is 30.7 Å². The average molecular weight is 571 g/mol. The molecular formula is C25H43IN6O. The minimum atomic E-state index is -0.171. The highest BCUT2D eigenvalue weighted by molar-refractivity contribution is 14.0. The molecule has 2 saturated heterocycles. The van der Waals surface area contributed by atoms with Crippen LogP contribution in [0, 0.1) is 5.92 Å². The number of nitrogens with one attached hydrogen (secondary N) is 2. The van der Waals surface area contributed by atoms with Crippen molar-refractivity contribution in [3.8, 4) is 0 Å². The number of hydrogen-bond acceptors (Lipinski definition) is 4. The molecule has 2 aliphatic rings. The minimum Gasteiger partial charge on any atom is -0.369 e. The van der Waals surface area contributed by atoms with E-state index in [4.69, 9.17) is 5.73 Å². The molecule has 0 aromatic heterocycles. The molecule has 1 aromatic carbocycles. The summed E-state index contributed by atoms with van der Waals surface area (Å²) in [5, 5.41) is 6.98. The number of likely N-dealkylation sites (tertiary alicyclic amines) is 2. The Morgan fingerprint density at radius 2 is 1.85 bits per heavy atom. The minimum absolute atomic E-state index is 0. The molecule has 0 radical (unpaired) electrons.